The van der Waals surface area contributed by atoms with Crippen LogP contribution in [0.4, 0.5) is 0 Å². The van der Waals surface area contributed by atoms with Gasteiger partial charge in [-0.2, -0.15) is 0 Å². The Hall–Kier alpha value is -5.09. The quantitative estimate of drug-likeness (QED) is 0.113. The number of benzene rings is 3. The smallest absolute Gasteiger partial charge is 0.305 e. The average Bonchev–Trinajstić information content (AvgIpc) is 3.09. The largest absolute Gasteiger partial charge is 0.491 e. The van der Waals surface area contributed by atoms with Crippen molar-refractivity contribution in [3.05, 3.63) is 102 Å². The summed E-state index contributed by atoms with van der Waals surface area (Å²) in [7, 11) is 0. The molecule has 0 unspecified atom stereocenters. The maximum Gasteiger partial charge on any atom is 0.305 e. The lowest BCUT2D eigenvalue weighted by atomic mass is 9.86. The Bertz CT molecular complexity index is 1650. The van der Waals surface area contributed by atoms with Gasteiger partial charge in [-0.05, 0) is 52.8 Å². The van der Waals surface area contributed by atoms with Gasteiger partial charge < -0.3 is 25.2 Å². The summed E-state index contributed by atoms with van der Waals surface area (Å²) in [6, 6.07) is 21.6. The van der Waals surface area contributed by atoms with Crippen LogP contribution in [0.25, 0.3) is 22.5 Å². The van der Waals surface area contributed by atoms with E-state index in [1.807, 2.05) is 60.7 Å². The molecule has 0 saturated heterocycles. The predicted octanol–water partition coefficient (Wildman–Crippen LogP) is 6.24. The highest BCUT2D eigenvalue weighted by molar-refractivity contribution is 5.97. The maximum atomic E-state index is 13.1. The van der Waals surface area contributed by atoms with Crippen LogP contribution < -0.4 is 15.4 Å². The molecule has 0 aliphatic rings. The number of aliphatic carboxylic acids is 1. The van der Waals surface area contributed by atoms with Crippen molar-refractivity contribution in [2.75, 3.05) is 26.4 Å². The molecule has 1 atom stereocenters. The van der Waals surface area contributed by atoms with Crippen LogP contribution in [0.5, 0.6) is 5.75 Å². The average molecular weight is 667 g/mol. The van der Waals surface area contributed by atoms with E-state index in [1.165, 1.54) is 0 Å². The fourth-order valence-corrected chi connectivity index (χ4v) is 4.95. The zero-order valence-electron chi connectivity index (χ0n) is 28.7. The summed E-state index contributed by atoms with van der Waals surface area (Å²) in [5, 5.41) is 14.5. The summed E-state index contributed by atoms with van der Waals surface area (Å²) in [5.74, 6) is -0.547. The van der Waals surface area contributed by atoms with Gasteiger partial charge in [0.2, 0.25) is 5.91 Å². The molecule has 49 heavy (non-hydrogen) atoms. The Morgan fingerprint density at radius 2 is 1.47 bits per heavy atom. The van der Waals surface area contributed by atoms with Crippen LogP contribution in [0.1, 0.15) is 68.4 Å². The number of carboxylic acid groups (broad SMARTS) is 1. The molecule has 10 nitrogen and oxygen atoms in total. The van der Waals surface area contributed by atoms with E-state index in [9.17, 15) is 14.4 Å². The van der Waals surface area contributed by atoms with Gasteiger partial charge in [0, 0.05) is 48.7 Å². The first-order valence-electron chi connectivity index (χ1n) is 16.7. The molecule has 0 spiro atoms. The van der Waals surface area contributed by atoms with Gasteiger partial charge in [-0.3, -0.25) is 14.4 Å². The predicted molar refractivity (Wildman–Crippen MR) is 189 cm³/mol. The molecule has 1 aromatic heterocycles. The summed E-state index contributed by atoms with van der Waals surface area (Å²) >= 11 is 0. The van der Waals surface area contributed by atoms with E-state index in [4.69, 9.17) is 14.6 Å². The van der Waals surface area contributed by atoms with Crippen molar-refractivity contribution in [3.8, 4) is 28.3 Å². The van der Waals surface area contributed by atoms with E-state index in [2.05, 4.69) is 48.3 Å². The molecule has 0 aliphatic carbocycles. The summed E-state index contributed by atoms with van der Waals surface area (Å²) in [6.07, 6.45) is 5.69. The summed E-state index contributed by atoms with van der Waals surface area (Å²) < 4.78 is 11.3. The Labute approximate surface area is 288 Å². The molecule has 4 aromatic rings. The number of ether oxygens (including phenoxy) is 2. The van der Waals surface area contributed by atoms with Crippen molar-refractivity contribution in [2.24, 2.45) is 0 Å². The second kappa shape index (κ2) is 17.9. The van der Waals surface area contributed by atoms with Crippen LogP contribution in [0, 0.1) is 0 Å². The Balaban J connectivity index is 1.38. The van der Waals surface area contributed by atoms with Crippen molar-refractivity contribution in [3.63, 3.8) is 0 Å². The number of unbranched alkanes of at least 4 members (excludes halogenated alkanes) is 1. The molecule has 4 rings (SSSR count). The van der Waals surface area contributed by atoms with Gasteiger partial charge in [-0.25, -0.2) is 9.97 Å². The van der Waals surface area contributed by atoms with E-state index >= 15 is 0 Å². The van der Waals surface area contributed by atoms with E-state index < -0.39 is 23.8 Å². The van der Waals surface area contributed by atoms with E-state index in [0.717, 1.165) is 53.0 Å². The first-order valence-corrected chi connectivity index (χ1v) is 16.7. The number of aromatic nitrogens is 2. The minimum Gasteiger partial charge on any atom is -0.491 e. The van der Waals surface area contributed by atoms with Crippen LogP contribution in [0.15, 0.2) is 85.2 Å². The van der Waals surface area contributed by atoms with Crippen LogP contribution >= 0.6 is 0 Å². The SMILES string of the molecule is CCCCOCCOc1ccc(-c2cnc(-c3ccc(C[C@H](NC(=O)c4ccc(C(C)(C)C)cc4)C(=O)NCCC(=O)O)cc3)nc2)cc1. The summed E-state index contributed by atoms with van der Waals surface area (Å²) in [4.78, 5) is 46.3. The number of carbonyl (C=O) groups excluding carboxylic acids is 2. The number of hydrogen-bond donors (Lipinski definition) is 3. The van der Waals surface area contributed by atoms with Crippen molar-refractivity contribution in [1.29, 1.82) is 0 Å². The monoisotopic (exact) mass is 666 g/mol. The molecule has 0 saturated carbocycles. The fraction of sp³-hybridized carbons (Fsp3) is 0.359. The second-order valence-corrected chi connectivity index (χ2v) is 12.8. The number of carboxylic acids is 1. The molecule has 258 valence electrons. The highest BCUT2D eigenvalue weighted by Gasteiger charge is 2.23. The molecule has 0 aliphatic heterocycles. The molecular formula is C39H46N4O6. The third-order valence-electron chi connectivity index (χ3n) is 7.90. The van der Waals surface area contributed by atoms with E-state index in [0.29, 0.717) is 24.6 Å². The molecular weight excluding hydrogens is 620 g/mol. The number of nitrogens with zero attached hydrogens (tertiary/aromatic N) is 2. The van der Waals surface area contributed by atoms with Gasteiger partial charge in [0.25, 0.3) is 5.91 Å². The normalized spacial score (nSPS) is 11.8. The van der Waals surface area contributed by atoms with E-state index in [-0.39, 0.29) is 24.8 Å². The van der Waals surface area contributed by atoms with Crippen molar-refractivity contribution < 1.29 is 29.0 Å². The van der Waals surface area contributed by atoms with Crippen LogP contribution in [0.3, 0.4) is 0 Å². The Kier molecular flexibility index (Phi) is 13.4. The maximum absolute atomic E-state index is 13.1. The van der Waals surface area contributed by atoms with Gasteiger partial charge in [0.15, 0.2) is 5.82 Å². The van der Waals surface area contributed by atoms with Gasteiger partial charge in [0.1, 0.15) is 18.4 Å². The Morgan fingerprint density at radius 1 is 0.816 bits per heavy atom. The standard InChI is InChI=1S/C39H46N4O6/c1-5-6-21-48-22-23-49-33-17-13-28(14-18-33)31-25-41-36(42-26-31)29-9-7-27(8-10-29)24-34(38(47)40-20-19-35(44)45)43-37(46)30-11-15-32(16-12-30)39(2,3)4/h7-18,25-26,34H,5-6,19-24H2,1-4H3,(H,40,47)(H,43,46)(H,44,45)/t34-/m0/s1. The molecule has 0 bridgehead atoms. The lowest BCUT2D eigenvalue weighted by Crippen LogP contribution is -2.48. The molecule has 3 aromatic carbocycles. The van der Waals surface area contributed by atoms with Crippen LogP contribution in [-0.4, -0.2) is 65.3 Å². The third-order valence-corrected chi connectivity index (χ3v) is 7.90. The fourth-order valence-electron chi connectivity index (χ4n) is 4.95. The summed E-state index contributed by atoms with van der Waals surface area (Å²) in [5.41, 5.74) is 4.89. The van der Waals surface area contributed by atoms with Crippen molar-refractivity contribution in [2.45, 2.75) is 64.8 Å². The number of hydrogen-bond acceptors (Lipinski definition) is 7. The number of rotatable bonds is 17. The molecule has 0 fully saturated rings. The minimum absolute atomic E-state index is 0.0420. The van der Waals surface area contributed by atoms with Crippen LogP contribution in [-0.2, 0) is 26.2 Å². The van der Waals surface area contributed by atoms with Crippen molar-refractivity contribution in [1.82, 2.24) is 20.6 Å². The van der Waals surface area contributed by atoms with Crippen LogP contribution in [0.2, 0.25) is 0 Å². The van der Waals surface area contributed by atoms with Crippen molar-refractivity contribution >= 4 is 17.8 Å². The number of amides is 2. The first-order chi connectivity index (χ1) is 23.5. The molecule has 2 amide bonds. The highest BCUT2D eigenvalue weighted by atomic mass is 16.5. The number of carbonyl (C=O) groups is 3. The zero-order chi connectivity index (χ0) is 35.2. The lowest BCUT2D eigenvalue weighted by Gasteiger charge is -2.20. The number of nitrogens with one attached hydrogen (secondary N) is 2. The zero-order valence-corrected chi connectivity index (χ0v) is 28.7. The third kappa shape index (κ3) is 11.5. The lowest BCUT2D eigenvalue weighted by molar-refractivity contribution is -0.137. The molecule has 10 heteroatoms. The molecule has 1 heterocycles. The molecule has 3 N–H and O–H groups in total. The van der Waals surface area contributed by atoms with Gasteiger partial charge in [-0.1, -0.05) is 82.6 Å². The second-order valence-electron chi connectivity index (χ2n) is 12.8. The van der Waals surface area contributed by atoms with Gasteiger partial charge >= 0.3 is 5.97 Å². The Morgan fingerprint density at radius 3 is 2.08 bits per heavy atom. The minimum atomic E-state index is -1.02. The highest BCUT2D eigenvalue weighted by Crippen LogP contribution is 2.24. The summed E-state index contributed by atoms with van der Waals surface area (Å²) in [6.45, 7) is 10.2. The van der Waals surface area contributed by atoms with Gasteiger partial charge in [-0.15, -0.1) is 0 Å². The van der Waals surface area contributed by atoms with E-state index in [1.54, 1.807) is 24.5 Å². The molecule has 0 radical (unpaired) electrons. The topological polar surface area (TPSA) is 140 Å². The van der Waals surface area contributed by atoms with Gasteiger partial charge in [0.05, 0.1) is 13.0 Å². The first kappa shape index (κ1) is 36.7.